The summed E-state index contributed by atoms with van der Waals surface area (Å²) in [5.41, 5.74) is -1.35. The fraction of sp³-hybridized carbons (Fsp3) is 0.300. The fourth-order valence-corrected chi connectivity index (χ4v) is 4.72. The quantitative estimate of drug-likeness (QED) is 0.545. The van der Waals surface area contributed by atoms with E-state index >= 15 is 0 Å². The third kappa shape index (κ3) is 4.10. The van der Waals surface area contributed by atoms with E-state index in [0.29, 0.717) is 35.8 Å². The molecule has 1 fully saturated rings. The van der Waals surface area contributed by atoms with Crippen LogP contribution in [0.2, 0.25) is 0 Å². The van der Waals surface area contributed by atoms with E-state index in [1.165, 1.54) is 11.3 Å². The van der Waals surface area contributed by atoms with Crippen molar-refractivity contribution in [2.24, 2.45) is 0 Å². The first kappa shape index (κ1) is 21.2. The Morgan fingerprint density at radius 3 is 2.81 bits per heavy atom. The average Bonchev–Trinajstić information content (AvgIpc) is 3.28. The molecule has 4 rings (SSSR count). The highest BCUT2D eigenvalue weighted by Crippen LogP contribution is 2.45. The number of rotatable bonds is 5. The summed E-state index contributed by atoms with van der Waals surface area (Å²) in [7, 11) is 0. The van der Waals surface area contributed by atoms with E-state index < -0.39 is 23.3 Å². The van der Waals surface area contributed by atoms with E-state index in [1.54, 1.807) is 35.8 Å². The number of hydrogen-bond acceptors (Lipinski definition) is 7. The van der Waals surface area contributed by atoms with Gasteiger partial charge in [0.15, 0.2) is 0 Å². The summed E-state index contributed by atoms with van der Waals surface area (Å²) in [6.45, 7) is 0.969. The highest BCUT2D eigenvalue weighted by molar-refractivity contribution is 7.09. The van der Waals surface area contributed by atoms with Gasteiger partial charge in [0, 0.05) is 35.9 Å². The number of alkyl halides is 3. The molecule has 11 heteroatoms. The molecule has 3 N–H and O–H groups in total. The number of aliphatic carboxylic acids is 1. The van der Waals surface area contributed by atoms with Gasteiger partial charge in [0.25, 0.3) is 0 Å². The van der Waals surface area contributed by atoms with Crippen LogP contribution in [0.3, 0.4) is 0 Å². The standard InChI is InChI=1S/C20H18F3N5O2S/c21-20(22,23)15-4-6-26-18(28-15)27-13-3-1-2-12(10-13)19(17(29)30)5-7-24-11-14(19)16-25-8-9-31-16/h1-4,6,8-10,14,24H,5,7,11H2,(H,29,30)(H,26,27,28). The van der Waals surface area contributed by atoms with Gasteiger partial charge in [-0.25, -0.2) is 15.0 Å². The molecule has 3 heterocycles. The molecule has 1 saturated heterocycles. The number of carboxylic acids is 1. The third-order valence-corrected chi connectivity index (χ3v) is 6.24. The first-order valence-corrected chi connectivity index (χ1v) is 10.3. The summed E-state index contributed by atoms with van der Waals surface area (Å²) in [6, 6.07) is 7.43. The van der Waals surface area contributed by atoms with Crippen molar-refractivity contribution in [2.75, 3.05) is 18.4 Å². The second-order valence-corrected chi connectivity index (χ2v) is 8.05. The van der Waals surface area contributed by atoms with Crippen molar-refractivity contribution in [1.82, 2.24) is 20.3 Å². The van der Waals surface area contributed by atoms with Crippen LogP contribution in [0, 0.1) is 0 Å². The van der Waals surface area contributed by atoms with Gasteiger partial charge in [0.2, 0.25) is 5.95 Å². The molecule has 3 aromatic rings. The predicted octanol–water partition coefficient (Wildman–Crippen LogP) is 3.80. The Bertz CT molecular complexity index is 1080. The van der Waals surface area contributed by atoms with Crippen LogP contribution in [0.1, 0.15) is 28.6 Å². The summed E-state index contributed by atoms with van der Waals surface area (Å²) in [6.07, 6.45) is -1.59. The minimum atomic E-state index is -4.59. The maximum atomic E-state index is 12.9. The van der Waals surface area contributed by atoms with E-state index in [-0.39, 0.29) is 11.9 Å². The predicted molar refractivity (Wildman–Crippen MR) is 108 cm³/mol. The van der Waals surface area contributed by atoms with Crippen molar-refractivity contribution in [2.45, 2.75) is 23.9 Å². The van der Waals surface area contributed by atoms with Crippen LogP contribution in [0.25, 0.3) is 0 Å². The molecule has 2 unspecified atom stereocenters. The first-order chi connectivity index (χ1) is 14.8. The largest absolute Gasteiger partial charge is 0.481 e. The van der Waals surface area contributed by atoms with Crippen LogP contribution in [0.15, 0.2) is 48.1 Å². The molecule has 162 valence electrons. The molecule has 7 nitrogen and oxygen atoms in total. The molecule has 1 aliphatic heterocycles. The van der Waals surface area contributed by atoms with Crippen molar-refractivity contribution < 1.29 is 23.1 Å². The number of hydrogen-bond donors (Lipinski definition) is 3. The SMILES string of the molecule is O=C(O)C1(c2cccc(Nc3nccc(C(F)(F)F)n3)c2)CCNCC1c1nccs1. The smallest absolute Gasteiger partial charge is 0.433 e. The lowest BCUT2D eigenvalue weighted by Gasteiger charge is -2.40. The number of benzene rings is 1. The second kappa shape index (κ2) is 8.23. The molecular weight excluding hydrogens is 431 g/mol. The zero-order valence-corrected chi connectivity index (χ0v) is 16.9. The molecule has 0 bridgehead atoms. The number of carboxylic acid groups (broad SMARTS) is 1. The monoisotopic (exact) mass is 449 g/mol. The van der Waals surface area contributed by atoms with Gasteiger partial charge in [0.05, 0.1) is 5.01 Å². The van der Waals surface area contributed by atoms with Gasteiger partial charge in [-0.2, -0.15) is 13.2 Å². The number of piperidine rings is 1. The third-order valence-electron chi connectivity index (χ3n) is 5.35. The maximum absolute atomic E-state index is 12.9. The van der Waals surface area contributed by atoms with Gasteiger partial charge in [-0.05, 0) is 36.7 Å². The van der Waals surface area contributed by atoms with Crippen molar-refractivity contribution in [3.05, 3.63) is 64.4 Å². The van der Waals surface area contributed by atoms with Gasteiger partial charge < -0.3 is 15.7 Å². The zero-order valence-electron chi connectivity index (χ0n) is 16.1. The molecule has 2 aromatic heterocycles. The summed E-state index contributed by atoms with van der Waals surface area (Å²) in [5, 5.41) is 18.8. The van der Waals surface area contributed by atoms with E-state index in [4.69, 9.17) is 0 Å². The molecular formula is C20H18F3N5O2S. The molecule has 2 atom stereocenters. The van der Waals surface area contributed by atoms with Crippen LogP contribution >= 0.6 is 11.3 Å². The highest BCUT2D eigenvalue weighted by Gasteiger charge is 2.50. The lowest BCUT2D eigenvalue weighted by atomic mass is 9.66. The molecule has 0 aliphatic carbocycles. The van der Waals surface area contributed by atoms with Crippen molar-refractivity contribution in [1.29, 1.82) is 0 Å². The van der Waals surface area contributed by atoms with E-state index in [0.717, 1.165) is 12.3 Å². The molecule has 0 saturated carbocycles. The normalized spacial score (nSPS) is 21.6. The summed E-state index contributed by atoms with van der Waals surface area (Å²) < 4.78 is 38.8. The molecule has 1 aliphatic rings. The Morgan fingerprint density at radius 1 is 1.26 bits per heavy atom. The van der Waals surface area contributed by atoms with Crippen molar-refractivity contribution in [3.8, 4) is 0 Å². The van der Waals surface area contributed by atoms with Crippen molar-refractivity contribution >= 4 is 28.9 Å². The Labute approximate surface area is 179 Å². The Balaban J connectivity index is 1.71. The van der Waals surface area contributed by atoms with Gasteiger partial charge in [-0.15, -0.1) is 11.3 Å². The van der Waals surface area contributed by atoms with E-state index in [2.05, 4.69) is 25.6 Å². The number of halogens is 3. The van der Waals surface area contributed by atoms with Crippen LogP contribution in [-0.4, -0.2) is 39.1 Å². The lowest BCUT2D eigenvalue weighted by Crippen LogP contribution is -2.51. The Kier molecular flexibility index (Phi) is 5.63. The fourth-order valence-electron chi connectivity index (χ4n) is 3.89. The topological polar surface area (TPSA) is 100 Å². The van der Waals surface area contributed by atoms with Crippen LogP contribution in [0.5, 0.6) is 0 Å². The minimum absolute atomic E-state index is 0.224. The zero-order chi connectivity index (χ0) is 22.1. The first-order valence-electron chi connectivity index (χ1n) is 9.42. The number of carbonyl (C=O) groups is 1. The van der Waals surface area contributed by atoms with Crippen molar-refractivity contribution in [3.63, 3.8) is 0 Å². The van der Waals surface area contributed by atoms with Gasteiger partial charge in [-0.1, -0.05) is 12.1 Å². The van der Waals surface area contributed by atoms with Gasteiger partial charge >= 0.3 is 12.1 Å². The minimum Gasteiger partial charge on any atom is -0.481 e. The van der Waals surface area contributed by atoms with Crippen LogP contribution < -0.4 is 10.6 Å². The molecule has 0 amide bonds. The molecule has 31 heavy (non-hydrogen) atoms. The van der Waals surface area contributed by atoms with E-state index in [1.807, 2.05) is 0 Å². The van der Waals surface area contributed by atoms with Gasteiger partial charge in [-0.3, -0.25) is 4.79 Å². The molecule has 0 radical (unpaired) electrons. The van der Waals surface area contributed by atoms with E-state index in [9.17, 15) is 23.1 Å². The highest BCUT2D eigenvalue weighted by atomic mass is 32.1. The number of nitrogens with one attached hydrogen (secondary N) is 2. The number of anilines is 2. The second-order valence-electron chi connectivity index (χ2n) is 7.12. The number of aromatic nitrogens is 3. The maximum Gasteiger partial charge on any atom is 0.433 e. The molecule has 1 aromatic carbocycles. The summed E-state index contributed by atoms with van der Waals surface area (Å²) >= 11 is 1.40. The Morgan fingerprint density at radius 2 is 2.10 bits per heavy atom. The summed E-state index contributed by atoms with van der Waals surface area (Å²) in [4.78, 5) is 24.3. The number of nitrogens with zero attached hydrogens (tertiary/aromatic N) is 3. The Hall–Kier alpha value is -3.05. The lowest BCUT2D eigenvalue weighted by molar-refractivity contribution is -0.146. The average molecular weight is 449 g/mol. The number of thiazole rings is 1. The van der Waals surface area contributed by atoms with Crippen LogP contribution in [0.4, 0.5) is 24.8 Å². The summed E-state index contributed by atoms with van der Waals surface area (Å²) in [5.74, 6) is -1.58. The molecule has 0 spiro atoms. The van der Waals surface area contributed by atoms with Gasteiger partial charge in [0.1, 0.15) is 11.1 Å². The van der Waals surface area contributed by atoms with Crippen LogP contribution in [-0.2, 0) is 16.4 Å².